The molecule has 0 aliphatic carbocycles. The number of nitrogens with zero attached hydrogens (tertiary/aromatic N) is 3. The van der Waals surface area contributed by atoms with Crippen LogP contribution in [0.4, 0.5) is 0 Å². The van der Waals surface area contributed by atoms with Crippen molar-refractivity contribution in [2.75, 3.05) is 17.3 Å². The van der Waals surface area contributed by atoms with E-state index in [1.54, 1.807) is 0 Å². The van der Waals surface area contributed by atoms with Crippen LogP contribution in [0.1, 0.15) is 30.8 Å². The van der Waals surface area contributed by atoms with Gasteiger partial charge in [-0.15, -0.1) is 10.2 Å². The normalized spacial score (nSPS) is 18.8. The molecule has 1 aliphatic rings. The number of nitrogens with one attached hydrogen (secondary N) is 1. The van der Waals surface area contributed by atoms with Crippen LogP contribution >= 0.6 is 11.8 Å². The predicted octanol–water partition coefficient (Wildman–Crippen LogP) is 2.92. The molecule has 0 spiro atoms. The van der Waals surface area contributed by atoms with Crippen molar-refractivity contribution >= 4 is 38.3 Å². The van der Waals surface area contributed by atoms with E-state index in [2.05, 4.69) is 33.7 Å². The van der Waals surface area contributed by atoms with Gasteiger partial charge in [0, 0.05) is 13.5 Å². The van der Waals surface area contributed by atoms with E-state index in [4.69, 9.17) is 0 Å². The number of sulfone groups is 1. The van der Waals surface area contributed by atoms with E-state index in [1.165, 1.54) is 11.8 Å². The first-order chi connectivity index (χ1) is 14.8. The lowest BCUT2D eigenvalue weighted by Gasteiger charge is -2.16. The Morgan fingerprint density at radius 2 is 2.00 bits per heavy atom. The van der Waals surface area contributed by atoms with Crippen molar-refractivity contribution < 1.29 is 13.2 Å². The zero-order valence-corrected chi connectivity index (χ0v) is 19.2. The molecule has 0 saturated carbocycles. The van der Waals surface area contributed by atoms with Crippen LogP contribution in [-0.2, 0) is 28.1 Å². The highest BCUT2D eigenvalue weighted by molar-refractivity contribution is 7.99. The number of hydrogen-bond acceptors (Lipinski definition) is 6. The van der Waals surface area contributed by atoms with E-state index >= 15 is 0 Å². The number of rotatable bonds is 7. The molecular weight excluding hydrogens is 432 g/mol. The number of thioether (sulfide) groups is 1. The Balaban J connectivity index is 1.34. The van der Waals surface area contributed by atoms with Crippen molar-refractivity contribution in [3.63, 3.8) is 0 Å². The Bertz CT molecular complexity index is 1200. The van der Waals surface area contributed by atoms with Crippen molar-refractivity contribution in [1.82, 2.24) is 20.1 Å². The molecule has 2 atom stereocenters. The summed E-state index contributed by atoms with van der Waals surface area (Å²) in [4.78, 5) is 12.5. The largest absolute Gasteiger partial charge is 0.349 e. The number of benzene rings is 2. The molecule has 31 heavy (non-hydrogen) atoms. The fourth-order valence-corrected chi connectivity index (χ4v) is 6.66. The average Bonchev–Trinajstić information content (AvgIpc) is 3.27. The van der Waals surface area contributed by atoms with Crippen LogP contribution in [0.3, 0.4) is 0 Å². The molecule has 9 heteroatoms. The van der Waals surface area contributed by atoms with Gasteiger partial charge >= 0.3 is 0 Å². The second-order valence-electron chi connectivity index (χ2n) is 8.08. The smallest absolute Gasteiger partial charge is 0.230 e. The first kappa shape index (κ1) is 21.8. The summed E-state index contributed by atoms with van der Waals surface area (Å²) >= 11 is 1.33. The van der Waals surface area contributed by atoms with Crippen molar-refractivity contribution in [2.45, 2.75) is 31.0 Å². The zero-order valence-electron chi connectivity index (χ0n) is 17.6. The topological polar surface area (TPSA) is 94.0 Å². The summed E-state index contributed by atoms with van der Waals surface area (Å²) in [6, 6.07) is 14.1. The van der Waals surface area contributed by atoms with Gasteiger partial charge in [0.25, 0.3) is 0 Å². The van der Waals surface area contributed by atoms with Gasteiger partial charge in [-0.1, -0.05) is 54.2 Å². The Morgan fingerprint density at radius 3 is 2.77 bits per heavy atom. The molecule has 7 nitrogen and oxygen atoms in total. The van der Waals surface area contributed by atoms with E-state index in [0.717, 1.165) is 22.2 Å². The molecule has 1 aromatic heterocycles. The quantitative estimate of drug-likeness (QED) is 0.547. The molecule has 0 unspecified atom stereocenters. The van der Waals surface area contributed by atoms with Gasteiger partial charge in [0.2, 0.25) is 5.91 Å². The average molecular weight is 459 g/mol. The van der Waals surface area contributed by atoms with Gasteiger partial charge < -0.3 is 9.88 Å². The maximum atomic E-state index is 12.5. The lowest BCUT2D eigenvalue weighted by atomic mass is 10.00. The number of carbonyl (C=O) groups is 1. The second kappa shape index (κ2) is 9.00. The van der Waals surface area contributed by atoms with Crippen LogP contribution in [-0.4, -0.2) is 46.3 Å². The summed E-state index contributed by atoms with van der Waals surface area (Å²) in [7, 11) is -1.05. The highest BCUT2D eigenvalue weighted by Gasteiger charge is 2.29. The minimum Gasteiger partial charge on any atom is -0.349 e. The summed E-state index contributed by atoms with van der Waals surface area (Å²) in [5, 5.41) is 14.4. The molecule has 1 N–H and O–H groups in total. The standard InChI is InChI=1S/C22H26N4O3S2/c1-15(18-9-5-7-17-6-3-4-8-19(17)18)23-21(27)13-30-22-25-24-20(26(22)2)12-16-10-11-31(28,29)14-16/h3-9,15-16H,10-14H2,1-2H3,(H,23,27)/t15-,16+/m1/s1. The van der Waals surface area contributed by atoms with Gasteiger partial charge in [0.15, 0.2) is 15.0 Å². The summed E-state index contributed by atoms with van der Waals surface area (Å²) in [6.07, 6.45) is 1.26. The highest BCUT2D eigenvalue weighted by atomic mass is 32.2. The van der Waals surface area contributed by atoms with E-state index in [9.17, 15) is 13.2 Å². The minimum absolute atomic E-state index is 0.0723. The van der Waals surface area contributed by atoms with Crippen LogP contribution in [0.2, 0.25) is 0 Å². The van der Waals surface area contributed by atoms with Crippen molar-refractivity contribution in [2.24, 2.45) is 13.0 Å². The summed E-state index contributed by atoms with van der Waals surface area (Å²) < 4.78 is 25.2. The van der Waals surface area contributed by atoms with Gasteiger partial charge in [-0.05, 0) is 35.6 Å². The number of carbonyl (C=O) groups excluding carboxylic acids is 1. The molecular formula is C22H26N4O3S2. The summed E-state index contributed by atoms with van der Waals surface area (Å²) in [5.74, 6) is 1.49. The second-order valence-corrected chi connectivity index (χ2v) is 11.2. The van der Waals surface area contributed by atoms with Gasteiger partial charge in [-0.3, -0.25) is 4.79 Å². The number of aromatic nitrogens is 3. The highest BCUT2D eigenvalue weighted by Crippen LogP contribution is 2.25. The molecule has 0 bridgehead atoms. The van der Waals surface area contributed by atoms with Crippen LogP contribution < -0.4 is 5.32 Å². The fraction of sp³-hybridized carbons (Fsp3) is 0.409. The molecule has 1 amide bonds. The molecule has 1 aliphatic heterocycles. The van der Waals surface area contributed by atoms with Crippen molar-refractivity contribution in [3.05, 3.63) is 53.9 Å². The van der Waals surface area contributed by atoms with Crippen molar-refractivity contribution in [1.29, 1.82) is 0 Å². The van der Waals surface area contributed by atoms with E-state index in [-0.39, 0.29) is 35.1 Å². The zero-order chi connectivity index (χ0) is 22.0. The summed E-state index contributed by atoms with van der Waals surface area (Å²) in [5.41, 5.74) is 1.09. The van der Waals surface area contributed by atoms with Crippen LogP contribution in [0.15, 0.2) is 47.6 Å². The van der Waals surface area contributed by atoms with E-state index in [1.807, 2.05) is 42.8 Å². The molecule has 1 saturated heterocycles. The Morgan fingerprint density at radius 1 is 1.23 bits per heavy atom. The van der Waals surface area contributed by atoms with Gasteiger partial charge in [-0.2, -0.15) is 0 Å². The van der Waals surface area contributed by atoms with Gasteiger partial charge in [0.05, 0.1) is 23.3 Å². The monoisotopic (exact) mass is 458 g/mol. The van der Waals surface area contributed by atoms with Gasteiger partial charge in [0.1, 0.15) is 5.82 Å². The number of fused-ring (bicyclic) bond motifs is 1. The maximum absolute atomic E-state index is 12.5. The number of hydrogen-bond donors (Lipinski definition) is 1. The lowest BCUT2D eigenvalue weighted by Crippen LogP contribution is -2.28. The van der Waals surface area contributed by atoms with Crippen molar-refractivity contribution in [3.8, 4) is 0 Å². The van der Waals surface area contributed by atoms with Crippen LogP contribution in [0.5, 0.6) is 0 Å². The predicted molar refractivity (Wildman–Crippen MR) is 123 cm³/mol. The third kappa shape index (κ3) is 5.10. The first-order valence-corrected chi connectivity index (χ1v) is 13.1. The molecule has 2 heterocycles. The molecule has 1 fully saturated rings. The maximum Gasteiger partial charge on any atom is 0.230 e. The van der Waals surface area contributed by atoms with Crippen LogP contribution in [0, 0.1) is 5.92 Å². The Hall–Kier alpha value is -2.39. The SMILES string of the molecule is C[C@@H](NC(=O)CSc1nnc(C[C@@H]2CCS(=O)(=O)C2)n1C)c1cccc2ccccc12. The third-order valence-corrected chi connectivity index (χ3v) is 8.58. The Kier molecular flexibility index (Phi) is 6.34. The van der Waals surface area contributed by atoms with E-state index < -0.39 is 9.84 Å². The molecule has 0 radical (unpaired) electrons. The van der Waals surface area contributed by atoms with Crippen LogP contribution in [0.25, 0.3) is 10.8 Å². The fourth-order valence-electron chi connectivity index (χ4n) is 4.06. The van der Waals surface area contributed by atoms with E-state index in [0.29, 0.717) is 18.0 Å². The minimum atomic E-state index is -2.91. The first-order valence-electron chi connectivity index (χ1n) is 10.3. The molecule has 4 rings (SSSR count). The third-order valence-electron chi connectivity index (χ3n) is 5.72. The van der Waals surface area contributed by atoms with Gasteiger partial charge in [-0.25, -0.2) is 8.42 Å². The lowest BCUT2D eigenvalue weighted by molar-refractivity contribution is -0.119. The Labute approximate surface area is 186 Å². The molecule has 2 aromatic carbocycles. The summed E-state index contributed by atoms with van der Waals surface area (Å²) in [6.45, 7) is 1.99. The molecule has 3 aromatic rings. The number of amides is 1. The molecule has 164 valence electrons.